The quantitative estimate of drug-likeness (QED) is 0.627. The molecule has 0 saturated carbocycles. The predicted octanol–water partition coefficient (Wildman–Crippen LogP) is 3.92. The highest BCUT2D eigenvalue weighted by Gasteiger charge is 2.30. The maximum atomic E-state index is 12.9. The standard InChI is InChI=1S/C23H29N5O2S/c1-14(2)21-25-10-16(11-26-21)12-28-8-9-30-18(13-28)19-17-6-5-7-24-23(17)31-20(19)22(29)27-15(3)4/h5-7,10-11,14-15,18H,8-9,12-13H2,1-4H3,(H,27,29)/t18-/m0/s1. The van der Waals surface area contributed by atoms with Crippen LogP contribution in [0, 0.1) is 0 Å². The molecular formula is C23H29N5O2S. The van der Waals surface area contributed by atoms with Crippen molar-refractivity contribution in [2.45, 2.75) is 52.3 Å². The Morgan fingerprint density at radius 1 is 1.26 bits per heavy atom. The lowest BCUT2D eigenvalue weighted by atomic mass is 10.0. The van der Waals surface area contributed by atoms with Crippen LogP contribution in [0.1, 0.15) is 66.3 Å². The summed E-state index contributed by atoms with van der Waals surface area (Å²) in [4.78, 5) is 30.3. The van der Waals surface area contributed by atoms with Crippen molar-refractivity contribution in [2.75, 3.05) is 19.7 Å². The molecule has 1 aliphatic rings. The summed E-state index contributed by atoms with van der Waals surface area (Å²) in [6, 6.07) is 4.01. The van der Waals surface area contributed by atoms with E-state index in [9.17, 15) is 4.79 Å². The normalized spacial score (nSPS) is 17.5. The van der Waals surface area contributed by atoms with E-state index in [1.54, 1.807) is 6.20 Å². The lowest BCUT2D eigenvalue weighted by Crippen LogP contribution is -2.38. The van der Waals surface area contributed by atoms with Gasteiger partial charge in [-0.25, -0.2) is 15.0 Å². The zero-order valence-electron chi connectivity index (χ0n) is 18.5. The van der Waals surface area contributed by atoms with Crippen LogP contribution >= 0.6 is 11.3 Å². The third-order valence-electron chi connectivity index (χ3n) is 5.25. The first-order chi connectivity index (χ1) is 14.9. The largest absolute Gasteiger partial charge is 0.371 e. The number of nitrogens with one attached hydrogen (secondary N) is 1. The Labute approximate surface area is 186 Å². The molecular weight excluding hydrogens is 410 g/mol. The summed E-state index contributed by atoms with van der Waals surface area (Å²) in [5.41, 5.74) is 2.03. The third-order valence-corrected chi connectivity index (χ3v) is 6.38. The van der Waals surface area contributed by atoms with Gasteiger partial charge >= 0.3 is 0 Å². The number of ether oxygens (including phenoxy) is 1. The molecule has 0 radical (unpaired) electrons. The van der Waals surface area contributed by atoms with E-state index < -0.39 is 0 Å². The highest BCUT2D eigenvalue weighted by atomic mass is 32.1. The van der Waals surface area contributed by atoms with Gasteiger partial charge in [0.05, 0.1) is 12.7 Å². The van der Waals surface area contributed by atoms with E-state index in [2.05, 4.69) is 39.0 Å². The van der Waals surface area contributed by atoms with Gasteiger partial charge in [0.2, 0.25) is 0 Å². The molecule has 1 N–H and O–H groups in total. The molecule has 1 saturated heterocycles. The smallest absolute Gasteiger partial charge is 0.262 e. The van der Waals surface area contributed by atoms with Crippen molar-refractivity contribution in [3.05, 3.63) is 52.6 Å². The van der Waals surface area contributed by atoms with E-state index >= 15 is 0 Å². The van der Waals surface area contributed by atoms with Crippen molar-refractivity contribution in [1.29, 1.82) is 0 Å². The van der Waals surface area contributed by atoms with Crippen LogP contribution in [-0.4, -0.2) is 51.5 Å². The molecule has 1 atom stereocenters. The van der Waals surface area contributed by atoms with Gasteiger partial charge in [0, 0.05) is 66.7 Å². The summed E-state index contributed by atoms with van der Waals surface area (Å²) in [5, 5.41) is 4.02. The molecule has 31 heavy (non-hydrogen) atoms. The maximum Gasteiger partial charge on any atom is 0.262 e. The van der Waals surface area contributed by atoms with Gasteiger partial charge in [-0.3, -0.25) is 9.69 Å². The summed E-state index contributed by atoms with van der Waals surface area (Å²) >= 11 is 1.44. The lowest BCUT2D eigenvalue weighted by Gasteiger charge is -2.33. The molecule has 8 heteroatoms. The minimum atomic E-state index is -0.185. The fourth-order valence-corrected chi connectivity index (χ4v) is 4.89. The molecule has 7 nitrogen and oxygen atoms in total. The van der Waals surface area contributed by atoms with Gasteiger partial charge in [0.25, 0.3) is 5.91 Å². The van der Waals surface area contributed by atoms with Crippen LogP contribution in [0.2, 0.25) is 0 Å². The highest BCUT2D eigenvalue weighted by Crippen LogP contribution is 2.37. The SMILES string of the molecule is CC(C)NC(=O)c1sc2ncccc2c1[C@@H]1CN(Cc2cnc(C(C)C)nc2)CCO1. The van der Waals surface area contributed by atoms with Gasteiger partial charge in [-0.15, -0.1) is 11.3 Å². The Balaban J connectivity index is 1.58. The number of hydrogen-bond donors (Lipinski definition) is 1. The molecule has 1 amide bonds. The summed E-state index contributed by atoms with van der Waals surface area (Å²) in [5.74, 6) is 1.12. The van der Waals surface area contributed by atoms with E-state index in [0.29, 0.717) is 23.9 Å². The van der Waals surface area contributed by atoms with Gasteiger partial charge in [-0.05, 0) is 19.9 Å². The molecule has 4 heterocycles. The Morgan fingerprint density at radius 3 is 2.74 bits per heavy atom. The number of morpholine rings is 1. The average molecular weight is 440 g/mol. The van der Waals surface area contributed by atoms with E-state index in [1.807, 2.05) is 38.4 Å². The predicted molar refractivity (Wildman–Crippen MR) is 122 cm³/mol. The Hall–Kier alpha value is -2.42. The Bertz CT molecular complexity index is 1050. The van der Waals surface area contributed by atoms with E-state index in [4.69, 9.17) is 4.74 Å². The van der Waals surface area contributed by atoms with Crippen LogP contribution in [-0.2, 0) is 11.3 Å². The molecule has 1 fully saturated rings. The van der Waals surface area contributed by atoms with E-state index in [1.165, 1.54) is 11.3 Å². The Morgan fingerprint density at radius 2 is 2.03 bits per heavy atom. The number of nitrogens with zero attached hydrogens (tertiary/aromatic N) is 4. The van der Waals surface area contributed by atoms with Gasteiger partial charge < -0.3 is 10.1 Å². The van der Waals surface area contributed by atoms with Gasteiger partial charge in [-0.2, -0.15) is 0 Å². The molecule has 3 aromatic rings. The topological polar surface area (TPSA) is 80.2 Å². The molecule has 164 valence electrons. The highest BCUT2D eigenvalue weighted by molar-refractivity contribution is 7.20. The van der Waals surface area contributed by atoms with Crippen molar-refractivity contribution in [1.82, 2.24) is 25.2 Å². The summed E-state index contributed by atoms with van der Waals surface area (Å²) in [6.45, 7) is 11.0. The molecule has 0 spiro atoms. The molecule has 0 aromatic carbocycles. The number of pyridine rings is 1. The van der Waals surface area contributed by atoms with Crippen LogP contribution in [0.25, 0.3) is 10.2 Å². The van der Waals surface area contributed by atoms with Crippen LogP contribution in [0.4, 0.5) is 0 Å². The summed E-state index contributed by atoms with van der Waals surface area (Å²) in [7, 11) is 0. The zero-order valence-corrected chi connectivity index (χ0v) is 19.3. The Kier molecular flexibility index (Phi) is 6.60. The van der Waals surface area contributed by atoms with E-state index in [-0.39, 0.29) is 18.1 Å². The van der Waals surface area contributed by atoms with Crippen molar-refractivity contribution in [3.63, 3.8) is 0 Å². The van der Waals surface area contributed by atoms with Gasteiger partial charge in [-0.1, -0.05) is 19.9 Å². The van der Waals surface area contributed by atoms with Crippen molar-refractivity contribution < 1.29 is 9.53 Å². The summed E-state index contributed by atoms with van der Waals surface area (Å²) in [6.07, 6.45) is 5.41. The molecule has 0 aliphatic carbocycles. The second-order valence-corrected chi connectivity index (χ2v) is 9.53. The maximum absolute atomic E-state index is 12.9. The lowest BCUT2D eigenvalue weighted by molar-refractivity contribution is -0.0323. The van der Waals surface area contributed by atoms with Crippen molar-refractivity contribution in [2.24, 2.45) is 0 Å². The first kappa shape index (κ1) is 21.8. The number of carbonyl (C=O) groups excluding carboxylic acids is 1. The number of hydrogen-bond acceptors (Lipinski definition) is 7. The van der Waals surface area contributed by atoms with E-state index in [0.717, 1.165) is 40.3 Å². The minimum absolute atomic E-state index is 0.0635. The molecule has 0 bridgehead atoms. The van der Waals surface area contributed by atoms with Crippen LogP contribution < -0.4 is 5.32 Å². The zero-order chi connectivity index (χ0) is 22.0. The average Bonchev–Trinajstić information content (AvgIpc) is 3.14. The number of rotatable bonds is 6. The number of aromatic nitrogens is 3. The van der Waals surface area contributed by atoms with Crippen molar-refractivity contribution in [3.8, 4) is 0 Å². The minimum Gasteiger partial charge on any atom is -0.371 e. The third kappa shape index (κ3) is 4.92. The van der Waals surface area contributed by atoms with Gasteiger partial charge in [0.15, 0.2) is 0 Å². The first-order valence-electron chi connectivity index (χ1n) is 10.8. The van der Waals surface area contributed by atoms with Crippen molar-refractivity contribution >= 4 is 27.5 Å². The monoisotopic (exact) mass is 439 g/mol. The van der Waals surface area contributed by atoms with Crippen LogP contribution in [0.5, 0.6) is 0 Å². The second kappa shape index (κ2) is 9.38. The fraction of sp³-hybridized carbons (Fsp3) is 0.478. The number of carbonyl (C=O) groups is 1. The van der Waals surface area contributed by atoms with Crippen LogP contribution in [0.15, 0.2) is 30.7 Å². The fourth-order valence-electron chi connectivity index (χ4n) is 3.79. The molecule has 4 rings (SSSR count). The van der Waals surface area contributed by atoms with Crippen LogP contribution in [0.3, 0.4) is 0 Å². The number of amides is 1. The molecule has 3 aromatic heterocycles. The first-order valence-corrected chi connectivity index (χ1v) is 11.6. The summed E-state index contributed by atoms with van der Waals surface area (Å²) < 4.78 is 6.17. The number of fused-ring (bicyclic) bond motifs is 1. The number of thiophene rings is 1. The van der Waals surface area contributed by atoms with Gasteiger partial charge in [0.1, 0.15) is 15.5 Å². The second-order valence-electron chi connectivity index (χ2n) is 8.53. The molecule has 0 unspecified atom stereocenters. The molecule has 1 aliphatic heterocycles.